The van der Waals surface area contributed by atoms with Gasteiger partial charge in [-0.05, 0) is 37.3 Å². The van der Waals surface area contributed by atoms with E-state index in [4.69, 9.17) is 26.3 Å². The number of halogens is 1. The number of pyridine rings is 1. The highest BCUT2D eigenvalue weighted by molar-refractivity contribution is 6.32. The molecule has 0 saturated heterocycles. The van der Waals surface area contributed by atoms with Crippen molar-refractivity contribution in [2.75, 3.05) is 18.5 Å². The van der Waals surface area contributed by atoms with Crippen LogP contribution in [-0.4, -0.2) is 30.1 Å². The molecule has 0 saturated carbocycles. The molecule has 0 unspecified atom stereocenters. The molecule has 2 rings (SSSR count). The van der Waals surface area contributed by atoms with Crippen molar-refractivity contribution in [3.63, 3.8) is 0 Å². The zero-order valence-corrected chi connectivity index (χ0v) is 14.0. The van der Waals surface area contributed by atoms with Gasteiger partial charge in [0.1, 0.15) is 11.6 Å². The van der Waals surface area contributed by atoms with Gasteiger partial charge in [0.15, 0.2) is 6.61 Å². The molecule has 0 radical (unpaired) electrons. The lowest BCUT2D eigenvalue weighted by Crippen LogP contribution is -2.21. The number of esters is 1. The molecule has 2 aromatic rings. The average Bonchev–Trinajstić information content (AvgIpc) is 2.60. The van der Waals surface area contributed by atoms with Crippen molar-refractivity contribution >= 4 is 29.2 Å². The summed E-state index contributed by atoms with van der Waals surface area (Å²) in [6.07, 6.45) is 1.49. The summed E-state index contributed by atoms with van der Waals surface area (Å²) < 4.78 is 10.2. The number of nitrogens with zero attached hydrogens (tertiary/aromatic N) is 2. The average molecular weight is 360 g/mol. The Balaban J connectivity index is 1.95. The van der Waals surface area contributed by atoms with Crippen molar-refractivity contribution in [2.24, 2.45) is 0 Å². The Labute approximate surface area is 149 Å². The third-order valence-electron chi connectivity index (χ3n) is 2.98. The third kappa shape index (κ3) is 4.93. The van der Waals surface area contributed by atoms with E-state index in [1.165, 1.54) is 30.5 Å². The minimum atomic E-state index is -0.718. The summed E-state index contributed by atoms with van der Waals surface area (Å²) in [5, 5.41) is 11.6. The van der Waals surface area contributed by atoms with Gasteiger partial charge in [-0.1, -0.05) is 11.6 Å². The van der Waals surface area contributed by atoms with Crippen LogP contribution in [0.1, 0.15) is 22.8 Å². The molecule has 7 nitrogen and oxygen atoms in total. The molecule has 0 spiro atoms. The molecule has 25 heavy (non-hydrogen) atoms. The second kappa shape index (κ2) is 8.66. The van der Waals surface area contributed by atoms with E-state index in [1.807, 2.05) is 6.07 Å². The molecule has 0 aliphatic rings. The van der Waals surface area contributed by atoms with Crippen molar-refractivity contribution in [2.45, 2.75) is 6.92 Å². The summed E-state index contributed by atoms with van der Waals surface area (Å²) in [6, 6.07) is 9.43. The highest BCUT2D eigenvalue weighted by Crippen LogP contribution is 2.20. The normalized spacial score (nSPS) is 9.80. The van der Waals surface area contributed by atoms with Crippen LogP contribution >= 0.6 is 11.6 Å². The summed E-state index contributed by atoms with van der Waals surface area (Å²) in [6.45, 7) is 1.62. The molecule has 1 N–H and O–H groups in total. The Kier molecular flexibility index (Phi) is 6.32. The number of benzene rings is 1. The summed E-state index contributed by atoms with van der Waals surface area (Å²) in [7, 11) is 0. The molecule has 128 valence electrons. The van der Waals surface area contributed by atoms with Crippen LogP contribution in [0.3, 0.4) is 0 Å². The van der Waals surface area contributed by atoms with Gasteiger partial charge in [0.05, 0.1) is 17.2 Å². The summed E-state index contributed by atoms with van der Waals surface area (Å²) in [4.78, 5) is 27.9. The Morgan fingerprint density at radius 1 is 1.36 bits per heavy atom. The summed E-state index contributed by atoms with van der Waals surface area (Å²) in [5.41, 5.74) is 0.825. The monoisotopic (exact) mass is 359 g/mol. The van der Waals surface area contributed by atoms with Crippen LogP contribution in [0.25, 0.3) is 0 Å². The molecule has 0 atom stereocenters. The van der Waals surface area contributed by atoms with E-state index in [2.05, 4.69) is 10.3 Å². The van der Waals surface area contributed by atoms with Gasteiger partial charge >= 0.3 is 5.97 Å². The molecule has 0 fully saturated rings. The lowest BCUT2D eigenvalue weighted by Gasteiger charge is -2.09. The molecule has 8 heteroatoms. The van der Waals surface area contributed by atoms with Crippen LogP contribution in [0.5, 0.6) is 5.88 Å². The predicted molar refractivity (Wildman–Crippen MR) is 90.5 cm³/mol. The quantitative estimate of drug-likeness (QED) is 0.796. The number of anilines is 1. The predicted octanol–water partition coefficient (Wildman–Crippen LogP) is 2.80. The Bertz CT molecular complexity index is 833. The number of rotatable bonds is 6. The second-order valence-electron chi connectivity index (χ2n) is 4.72. The van der Waals surface area contributed by atoms with Gasteiger partial charge in [-0.25, -0.2) is 9.78 Å². The zero-order chi connectivity index (χ0) is 18.2. The van der Waals surface area contributed by atoms with Gasteiger partial charge in [0.25, 0.3) is 5.91 Å². The lowest BCUT2D eigenvalue weighted by atomic mass is 10.2. The highest BCUT2D eigenvalue weighted by Gasteiger charge is 2.16. The molecule has 1 heterocycles. The van der Waals surface area contributed by atoms with Crippen LogP contribution in [0.15, 0.2) is 36.5 Å². The number of carbonyl (C=O) groups is 2. The number of amides is 1. The SMILES string of the molecule is CCOc1ncccc1C(=O)OCC(=O)Nc1ccc(C#N)c(Cl)c1. The van der Waals surface area contributed by atoms with Crippen LogP contribution in [0.4, 0.5) is 5.69 Å². The van der Waals surface area contributed by atoms with Crippen LogP contribution in [0, 0.1) is 11.3 Å². The van der Waals surface area contributed by atoms with Crippen molar-refractivity contribution in [3.05, 3.63) is 52.7 Å². The maximum atomic E-state index is 12.1. The van der Waals surface area contributed by atoms with Crippen molar-refractivity contribution in [1.82, 2.24) is 4.98 Å². The van der Waals surface area contributed by atoms with Gasteiger partial charge < -0.3 is 14.8 Å². The van der Waals surface area contributed by atoms with Crippen molar-refractivity contribution in [1.29, 1.82) is 5.26 Å². The van der Waals surface area contributed by atoms with Crippen LogP contribution in [-0.2, 0) is 9.53 Å². The Morgan fingerprint density at radius 2 is 2.16 bits per heavy atom. The molecule has 0 aliphatic carbocycles. The topological polar surface area (TPSA) is 101 Å². The molecular formula is C17H14ClN3O4. The molecule has 1 amide bonds. The first-order valence-corrected chi connectivity index (χ1v) is 7.67. The van der Waals surface area contributed by atoms with Crippen LogP contribution < -0.4 is 10.1 Å². The largest absolute Gasteiger partial charge is 0.477 e. The minimum Gasteiger partial charge on any atom is -0.477 e. The molecular weight excluding hydrogens is 346 g/mol. The number of hydrogen-bond acceptors (Lipinski definition) is 6. The number of hydrogen-bond donors (Lipinski definition) is 1. The zero-order valence-electron chi connectivity index (χ0n) is 13.3. The van der Waals surface area contributed by atoms with Crippen molar-refractivity contribution in [3.8, 4) is 11.9 Å². The molecule has 1 aromatic carbocycles. The standard InChI is InChI=1S/C17H14ClN3O4/c1-2-24-16-13(4-3-7-20-16)17(23)25-10-15(22)21-12-6-5-11(9-19)14(18)8-12/h3-8H,2,10H2,1H3,(H,21,22). The van der Waals surface area contributed by atoms with E-state index in [1.54, 1.807) is 13.0 Å². The van der Waals surface area contributed by atoms with E-state index in [9.17, 15) is 9.59 Å². The van der Waals surface area contributed by atoms with Gasteiger partial charge in [-0.2, -0.15) is 5.26 Å². The van der Waals surface area contributed by atoms with E-state index in [0.717, 1.165) is 0 Å². The van der Waals surface area contributed by atoms with Gasteiger partial charge in [0, 0.05) is 11.9 Å². The lowest BCUT2D eigenvalue weighted by molar-refractivity contribution is -0.119. The first-order chi connectivity index (χ1) is 12.0. The van der Waals surface area contributed by atoms with Gasteiger partial charge in [-0.3, -0.25) is 4.79 Å². The molecule has 0 bridgehead atoms. The second-order valence-corrected chi connectivity index (χ2v) is 5.13. The van der Waals surface area contributed by atoms with Crippen molar-refractivity contribution < 1.29 is 19.1 Å². The summed E-state index contributed by atoms with van der Waals surface area (Å²) >= 11 is 5.89. The number of aromatic nitrogens is 1. The Morgan fingerprint density at radius 3 is 2.84 bits per heavy atom. The number of nitriles is 1. The number of carbonyl (C=O) groups excluding carboxylic acids is 2. The third-order valence-corrected chi connectivity index (χ3v) is 3.29. The fraction of sp³-hybridized carbons (Fsp3) is 0.176. The van der Waals surface area contributed by atoms with E-state index < -0.39 is 18.5 Å². The Hall–Kier alpha value is -3.11. The maximum Gasteiger partial charge on any atom is 0.344 e. The smallest absolute Gasteiger partial charge is 0.344 e. The van der Waals surface area contributed by atoms with E-state index in [0.29, 0.717) is 17.9 Å². The van der Waals surface area contributed by atoms with E-state index in [-0.39, 0.29) is 16.5 Å². The highest BCUT2D eigenvalue weighted by atomic mass is 35.5. The van der Waals surface area contributed by atoms with E-state index >= 15 is 0 Å². The molecule has 0 aliphatic heterocycles. The first kappa shape index (κ1) is 18.2. The number of nitrogens with one attached hydrogen (secondary N) is 1. The number of ether oxygens (including phenoxy) is 2. The fourth-order valence-corrected chi connectivity index (χ4v) is 2.11. The molecule has 1 aromatic heterocycles. The van der Waals surface area contributed by atoms with Crippen LogP contribution in [0.2, 0.25) is 5.02 Å². The summed E-state index contributed by atoms with van der Waals surface area (Å²) in [5.74, 6) is -1.12. The fourth-order valence-electron chi connectivity index (χ4n) is 1.89. The van der Waals surface area contributed by atoms with Gasteiger partial charge in [0.2, 0.25) is 5.88 Å². The first-order valence-electron chi connectivity index (χ1n) is 7.29. The van der Waals surface area contributed by atoms with Gasteiger partial charge in [-0.15, -0.1) is 0 Å². The maximum absolute atomic E-state index is 12.1. The minimum absolute atomic E-state index is 0.138.